The van der Waals surface area contributed by atoms with Crippen LogP contribution < -0.4 is 5.32 Å². The second-order valence-electron chi connectivity index (χ2n) is 5.52. The van der Waals surface area contributed by atoms with Crippen LogP contribution in [-0.2, 0) is 6.54 Å². The highest BCUT2D eigenvalue weighted by molar-refractivity contribution is 5.14. The van der Waals surface area contributed by atoms with Gasteiger partial charge in [-0.15, -0.1) is 0 Å². The molecule has 1 N–H and O–H groups in total. The van der Waals surface area contributed by atoms with Crippen molar-refractivity contribution in [3.8, 4) is 0 Å². The maximum Gasteiger partial charge on any atom is 0.0233 e. The summed E-state index contributed by atoms with van der Waals surface area (Å²) in [6, 6.07) is 10.9. The monoisotopic (exact) mass is 230 g/mol. The quantitative estimate of drug-likeness (QED) is 0.837. The van der Waals surface area contributed by atoms with Crippen LogP contribution in [0.2, 0.25) is 0 Å². The van der Waals surface area contributed by atoms with E-state index in [9.17, 15) is 0 Å². The molecule has 2 aliphatic heterocycles. The summed E-state index contributed by atoms with van der Waals surface area (Å²) in [4.78, 5) is 2.63. The number of piperidine rings is 2. The Morgan fingerprint density at radius 2 is 2.00 bits per heavy atom. The number of likely N-dealkylation sites (tertiary alicyclic amines) is 1. The van der Waals surface area contributed by atoms with E-state index in [1.54, 1.807) is 0 Å². The van der Waals surface area contributed by atoms with Crippen LogP contribution in [-0.4, -0.2) is 31.1 Å². The first-order chi connectivity index (χ1) is 8.42. The van der Waals surface area contributed by atoms with Crippen LogP contribution in [0.3, 0.4) is 0 Å². The number of nitrogens with one attached hydrogen (secondary N) is 1. The Hall–Kier alpha value is -0.860. The Balaban J connectivity index is 1.59. The van der Waals surface area contributed by atoms with Gasteiger partial charge in [0.2, 0.25) is 0 Å². The first-order valence-corrected chi connectivity index (χ1v) is 6.89. The average molecular weight is 230 g/mol. The van der Waals surface area contributed by atoms with Gasteiger partial charge < -0.3 is 5.32 Å². The summed E-state index contributed by atoms with van der Waals surface area (Å²) in [6.07, 6.45) is 2.79. The molecular formula is C15H22N2. The second-order valence-corrected chi connectivity index (χ2v) is 5.52. The van der Waals surface area contributed by atoms with Gasteiger partial charge in [0, 0.05) is 13.1 Å². The molecule has 2 unspecified atom stereocenters. The normalized spacial score (nSPS) is 29.9. The predicted molar refractivity (Wildman–Crippen MR) is 70.8 cm³/mol. The van der Waals surface area contributed by atoms with E-state index >= 15 is 0 Å². The average Bonchev–Trinajstić information content (AvgIpc) is 2.40. The highest BCUT2D eigenvalue weighted by atomic mass is 15.1. The van der Waals surface area contributed by atoms with E-state index in [2.05, 4.69) is 40.5 Å². The van der Waals surface area contributed by atoms with E-state index in [1.807, 2.05) is 0 Å². The lowest BCUT2D eigenvalue weighted by Gasteiger charge is -2.41. The van der Waals surface area contributed by atoms with Crippen molar-refractivity contribution in [2.45, 2.75) is 19.4 Å². The molecule has 0 bridgehead atoms. The molecule has 0 spiro atoms. The molecular weight excluding hydrogens is 208 g/mol. The molecule has 2 heterocycles. The first kappa shape index (κ1) is 11.2. The molecule has 0 aliphatic carbocycles. The predicted octanol–water partition coefficient (Wildman–Crippen LogP) is 2.12. The van der Waals surface area contributed by atoms with Crippen LogP contribution in [0, 0.1) is 11.8 Å². The summed E-state index contributed by atoms with van der Waals surface area (Å²) < 4.78 is 0. The Morgan fingerprint density at radius 1 is 1.12 bits per heavy atom. The highest BCUT2D eigenvalue weighted by Crippen LogP contribution is 2.28. The minimum Gasteiger partial charge on any atom is -0.316 e. The maximum absolute atomic E-state index is 3.54. The van der Waals surface area contributed by atoms with Gasteiger partial charge >= 0.3 is 0 Å². The molecule has 92 valence electrons. The molecule has 2 nitrogen and oxygen atoms in total. The third kappa shape index (κ3) is 2.70. The molecule has 2 atom stereocenters. The lowest BCUT2D eigenvalue weighted by atomic mass is 9.81. The molecule has 0 radical (unpaired) electrons. The van der Waals surface area contributed by atoms with Crippen molar-refractivity contribution in [2.75, 3.05) is 26.2 Å². The van der Waals surface area contributed by atoms with Gasteiger partial charge in [-0.25, -0.2) is 0 Å². The van der Waals surface area contributed by atoms with E-state index < -0.39 is 0 Å². The van der Waals surface area contributed by atoms with Gasteiger partial charge in [-0.1, -0.05) is 30.3 Å². The molecule has 2 aliphatic rings. The van der Waals surface area contributed by atoms with E-state index in [-0.39, 0.29) is 0 Å². The molecule has 17 heavy (non-hydrogen) atoms. The Kier molecular flexibility index (Phi) is 3.44. The van der Waals surface area contributed by atoms with E-state index in [0.29, 0.717) is 0 Å². The zero-order valence-corrected chi connectivity index (χ0v) is 10.4. The maximum atomic E-state index is 3.54. The molecule has 2 saturated heterocycles. The summed E-state index contributed by atoms with van der Waals surface area (Å²) >= 11 is 0. The molecule has 1 aromatic rings. The fraction of sp³-hybridized carbons (Fsp3) is 0.600. The minimum atomic E-state index is 0.890. The summed E-state index contributed by atoms with van der Waals surface area (Å²) in [5, 5.41) is 3.54. The smallest absolute Gasteiger partial charge is 0.0233 e. The largest absolute Gasteiger partial charge is 0.316 e. The minimum absolute atomic E-state index is 0.890. The lowest BCUT2D eigenvalue weighted by molar-refractivity contribution is 0.0909. The standard InChI is InChI=1S/C15H22N2/c1-2-4-13(5-3-1)11-17-9-7-14-6-8-16-10-15(14)12-17/h1-5,14-16H,6-12H2. The van der Waals surface area contributed by atoms with Gasteiger partial charge in [0.05, 0.1) is 0 Å². The molecule has 2 heteroatoms. The third-order valence-corrected chi connectivity index (χ3v) is 4.32. The van der Waals surface area contributed by atoms with Crippen molar-refractivity contribution < 1.29 is 0 Å². The Labute approximate surface area is 104 Å². The van der Waals surface area contributed by atoms with Gasteiger partial charge in [-0.3, -0.25) is 4.90 Å². The van der Waals surface area contributed by atoms with Crippen LogP contribution in [0.25, 0.3) is 0 Å². The van der Waals surface area contributed by atoms with E-state index in [4.69, 9.17) is 0 Å². The van der Waals surface area contributed by atoms with Crippen LogP contribution in [0.5, 0.6) is 0 Å². The summed E-state index contributed by atoms with van der Waals surface area (Å²) in [7, 11) is 0. The van der Waals surface area contributed by atoms with Crippen molar-refractivity contribution in [2.24, 2.45) is 11.8 Å². The molecule has 1 aromatic carbocycles. The number of nitrogens with zero attached hydrogens (tertiary/aromatic N) is 1. The molecule has 2 fully saturated rings. The summed E-state index contributed by atoms with van der Waals surface area (Å²) in [6.45, 7) is 6.17. The van der Waals surface area contributed by atoms with Crippen LogP contribution in [0.4, 0.5) is 0 Å². The van der Waals surface area contributed by atoms with E-state index in [0.717, 1.165) is 18.4 Å². The number of hydrogen-bond donors (Lipinski definition) is 1. The number of rotatable bonds is 2. The fourth-order valence-electron chi connectivity index (χ4n) is 3.33. The third-order valence-electron chi connectivity index (χ3n) is 4.32. The van der Waals surface area contributed by atoms with Crippen molar-refractivity contribution >= 4 is 0 Å². The molecule has 0 saturated carbocycles. The van der Waals surface area contributed by atoms with Crippen LogP contribution in [0.1, 0.15) is 18.4 Å². The van der Waals surface area contributed by atoms with Crippen molar-refractivity contribution in [1.29, 1.82) is 0 Å². The van der Waals surface area contributed by atoms with Gasteiger partial charge in [-0.2, -0.15) is 0 Å². The fourth-order valence-corrected chi connectivity index (χ4v) is 3.33. The summed E-state index contributed by atoms with van der Waals surface area (Å²) in [5.41, 5.74) is 1.45. The second kappa shape index (κ2) is 5.19. The number of benzene rings is 1. The lowest BCUT2D eigenvalue weighted by Crippen LogP contribution is -2.48. The van der Waals surface area contributed by atoms with Crippen molar-refractivity contribution in [3.63, 3.8) is 0 Å². The topological polar surface area (TPSA) is 15.3 Å². The summed E-state index contributed by atoms with van der Waals surface area (Å²) in [5.74, 6) is 1.88. The molecule has 3 rings (SSSR count). The van der Waals surface area contributed by atoms with Gasteiger partial charge in [0.25, 0.3) is 0 Å². The Bertz CT molecular complexity index is 349. The van der Waals surface area contributed by atoms with Gasteiger partial charge in [-0.05, 0) is 49.9 Å². The molecule has 0 amide bonds. The van der Waals surface area contributed by atoms with Crippen molar-refractivity contribution in [1.82, 2.24) is 10.2 Å². The number of fused-ring (bicyclic) bond motifs is 1. The highest BCUT2D eigenvalue weighted by Gasteiger charge is 2.30. The SMILES string of the molecule is c1ccc(CN2CCC3CCNCC3C2)cc1. The van der Waals surface area contributed by atoms with Gasteiger partial charge in [0.1, 0.15) is 0 Å². The Morgan fingerprint density at radius 3 is 2.88 bits per heavy atom. The zero-order chi connectivity index (χ0) is 11.5. The molecule has 0 aromatic heterocycles. The zero-order valence-electron chi connectivity index (χ0n) is 10.4. The number of hydrogen-bond acceptors (Lipinski definition) is 2. The van der Waals surface area contributed by atoms with Crippen LogP contribution >= 0.6 is 0 Å². The van der Waals surface area contributed by atoms with Crippen molar-refractivity contribution in [3.05, 3.63) is 35.9 Å². The van der Waals surface area contributed by atoms with Crippen LogP contribution in [0.15, 0.2) is 30.3 Å². The van der Waals surface area contributed by atoms with E-state index in [1.165, 1.54) is 44.6 Å². The van der Waals surface area contributed by atoms with Gasteiger partial charge in [0.15, 0.2) is 0 Å². The first-order valence-electron chi connectivity index (χ1n) is 6.89.